The van der Waals surface area contributed by atoms with Gasteiger partial charge in [-0.1, -0.05) is 0 Å². The second-order valence-electron chi connectivity index (χ2n) is 2.74. The third-order valence-corrected chi connectivity index (χ3v) is 2.05. The van der Waals surface area contributed by atoms with Gasteiger partial charge in [-0.2, -0.15) is 0 Å². The minimum atomic E-state index is 0.0740. The molecule has 1 heterocycles. The summed E-state index contributed by atoms with van der Waals surface area (Å²) in [6, 6.07) is 0.0740. The molecule has 0 bridgehead atoms. The van der Waals surface area contributed by atoms with Crippen LogP contribution in [0.15, 0.2) is 0 Å². The smallest absolute Gasteiger partial charge is 0.137 e. The molecule has 1 rings (SSSR count). The van der Waals surface area contributed by atoms with Crippen LogP contribution in [-0.4, -0.2) is 44.0 Å². The van der Waals surface area contributed by atoms with Gasteiger partial charge < -0.3 is 9.53 Å². The fourth-order valence-corrected chi connectivity index (χ4v) is 1.31. The van der Waals surface area contributed by atoms with E-state index in [-0.39, 0.29) is 12.1 Å². The maximum absolute atomic E-state index is 10.4. The Morgan fingerprint density at radius 1 is 1.70 bits per heavy atom. The molecule has 0 aromatic heterocycles. The highest BCUT2D eigenvalue weighted by molar-refractivity contribution is 5.58. The topological polar surface area (TPSA) is 29.5 Å². The van der Waals surface area contributed by atoms with Gasteiger partial charge in [-0.3, -0.25) is 4.90 Å². The van der Waals surface area contributed by atoms with Crippen LogP contribution >= 0.6 is 0 Å². The first kappa shape index (κ1) is 7.69. The third kappa shape index (κ3) is 1.36. The van der Waals surface area contributed by atoms with Gasteiger partial charge in [0.1, 0.15) is 6.29 Å². The molecule has 3 nitrogen and oxygen atoms in total. The zero-order valence-electron chi connectivity index (χ0n) is 6.41. The van der Waals surface area contributed by atoms with Crippen molar-refractivity contribution in [2.75, 3.05) is 20.7 Å². The van der Waals surface area contributed by atoms with E-state index in [2.05, 4.69) is 0 Å². The van der Waals surface area contributed by atoms with E-state index in [0.29, 0.717) is 0 Å². The van der Waals surface area contributed by atoms with Crippen LogP contribution in [0.5, 0.6) is 0 Å². The first-order valence-electron chi connectivity index (χ1n) is 3.46. The summed E-state index contributed by atoms with van der Waals surface area (Å²) in [6.45, 7) is 0.875. The predicted molar refractivity (Wildman–Crippen MR) is 37.9 cm³/mol. The SMILES string of the molecule is COC1CC(C=O)N(C)C1. The molecule has 2 unspecified atom stereocenters. The number of methoxy groups -OCH3 is 1. The molecule has 0 aromatic carbocycles. The predicted octanol–water partition coefficient (Wildman–Crippen LogP) is -0.0956. The molecule has 58 valence electrons. The Hall–Kier alpha value is -0.410. The summed E-state index contributed by atoms with van der Waals surface area (Å²) in [5, 5.41) is 0. The van der Waals surface area contributed by atoms with Gasteiger partial charge in [-0.15, -0.1) is 0 Å². The minimum Gasteiger partial charge on any atom is -0.380 e. The maximum Gasteiger partial charge on any atom is 0.137 e. The third-order valence-electron chi connectivity index (χ3n) is 2.05. The second kappa shape index (κ2) is 3.12. The van der Waals surface area contributed by atoms with Crippen LogP contribution in [0, 0.1) is 0 Å². The molecule has 1 aliphatic heterocycles. The lowest BCUT2D eigenvalue weighted by Gasteiger charge is -2.10. The first-order valence-corrected chi connectivity index (χ1v) is 3.46. The normalized spacial score (nSPS) is 34.6. The largest absolute Gasteiger partial charge is 0.380 e. The van der Waals surface area contributed by atoms with Gasteiger partial charge >= 0.3 is 0 Å². The number of hydrogen-bond acceptors (Lipinski definition) is 3. The summed E-state index contributed by atoms with van der Waals surface area (Å²) in [5.74, 6) is 0. The lowest BCUT2D eigenvalue weighted by molar-refractivity contribution is -0.111. The van der Waals surface area contributed by atoms with Crippen molar-refractivity contribution in [1.29, 1.82) is 0 Å². The van der Waals surface area contributed by atoms with Crippen LogP contribution in [-0.2, 0) is 9.53 Å². The monoisotopic (exact) mass is 143 g/mol. The number of carbonyl (C=O) groups is 1. The fourth-order valence-electron chi connectivity index (χ4n) is 1.31. The summed E-state index contributed by atoms with van der Waals surface area (Å²) in [7, 11) is 3.63. The van der Waals surface area contributed by atoms with Gasteiger partial charge in [0.25, 0.3) is 0 Å². The molecule has 0 amide bonds. The van der Waals surface area contributed by atoms with Gasteiger partial charge in [0.05, 0.1) is 12.1 Å². The average Bonchev–Trinajstić information content (AvgIpc) is 2.30. The van der Waals surface area contributed by atoms with Crippen molar-refractivity contribution in [2.45, 2.75) is 18.6 Å². The highest BCUT2D eigenvalue weighted by Gasteiger charge is 2.28. The van der Waals surface area contributed by atoms with Crippen LogP contribution in [0.3, 0.4) is 0 Å². The van der Waals surface area contributed by atoms with Crippen molar-refractivity contribution in [3.8, 4) is 0 Å². The highest BCUT2D eigenvalue weighted by Crippen LogP contribution is 2.15. The molecular weight excluding hydrogens is 130 g/mol. The molecule has 0 N–H and O–H groups in total. The van der Waals surface area contributed by atoms with Crippen LogP contribution in [0.1, 0.15) is 6.42 Å². The van der Waals surface area contributed by atoms with Crippen molar-refractivity contribution < 1.29 is 9.53 Å². The maximum atomic E-state index is 10.4. The molecule has 1 aliphatic rings. The summed E-state index contributed by atoms with van der Waals surface area (Å²) >= 11 is 0. The molecule has 2 atom stereocenters. The van der Waals surface area contributed by atoms with Crippen molar-refractivity contribution in [3.63, 3.8) is 0 Å². The van der Waals surface area contributed by atoms with Gasteiger partial charge in [0.2, 0.25) is 0 Å². The van der Waals surface area contributed by atoms with Crippen LogP contribution in [0.4, 0.5) is 0 Å². The molecule has 1 fully saturated rings. The minimum absolute atomic E-state index is 0.0740. The number of hydrogen-bond donors (Lipinski definition) is 0. The Balaban J connectivity index is 2.43. The lowest BCUT2D eigenvalue weighted by atomic mass is 10.2. The van der Waals surface area contributed by atoms with Crippen LogP contribution in [0.25, 0.3) is 0 Å². The molecule has 0 radical (unpaired) electrons. The Labute approximate surface area is 61.0 Å². The van der Waals surface area contributed by atoms with E-state index in [1.165, 1.54) is 0 Å². The molecule has 1 saturated heterocycles. The van der Waals surface area contributed by atoms with Crippen LogP contribution < -0.4 is 0 Å². The number of rotatable bonds is 2. The van der Waals surface area contributed by atoms with Crippen molar-refractivity contribution in [1.82, 2.24) is 4.90 Å². The zero-order chi connectivity index (χ0) is 7.56. The number of ether oxygens (including phenoxy) is 1. The number of aldehydes is 1. The molecule has 0 spiro atoms. The number of likely N-dealkylation sites (N-methyl/N-ethyl adjacent to an activating group) is 1. The molecule has 0 aromatic rings. The Kier molecular flexibility index (Phi) is 2.40. The van der Waals surface area contributed by atoms with E-state index < -0.39 is 0 Å². The standard InChI is InChI=1S/C7H13NO2/c1-8-4-7(10-2)3-6(8)5-9/h5-7H,3-4H2,1-2H3. The molecule has 0 saturated carbocycles. The lowest BCUT2D eigenvalue weighted by Crippen LogP contribution is -2.26. The van der Waals surface area contributed by atoms with Gasteiger partial charge in [-0.25, -0.2) is 0 Å². The Bertz CT molecular complexity index is 127. The fraction of sp³-hybridized carbons (Fsp3) is 0.857. The van der Waals surface area contributed by atoms with Gasteiger partial charge in [0.15, 0.2) is 0 Å². The summed E-state index contributed by atoms with van der Waals surface area (Å²) in [5.41, 5.74) is 0. The summed E-state index contributed by atoms with van der Waals surface area (Å²) in [6.07, 6.45) is 2.08. The molecular formula is C7H13NO2. The second-order valence-corrected chi connectivity index (χ2v) is 2.74. The number of carbonyl (C=O) groups excluding carboxylic acids is 1. The van der Waals surface area contributed by atoms with Gasteiger partial charge in [-0.05, 0) is 13.5 Å². The van der Waals surface area contributed by atoms with Gasteiger partial charge in [0, 0.05) is 13.7 Å². The zero-order valence-corrected chi connectivity index (χ0v) is 6.41. The van der Waals surface area contributed by atoms with E-state index in [1.54, 1.807) is 7.11 Å². The highest BCUT2D eigenvalue weighted by atomic mass is 16.5. The van der Waals surface area contributed by atoms with Crippen LogP contribution in [0.2, 0.25) is 0 Å². The van der Waals surface area contributed by atoms with E-state index in [1.807, 2.05) is 11.9 Å². The molecule has 10 heavy (non-hydrogen) atoms. The average molecular weight is 143 g/mol. The van der Waals surface area contributed by atoms with E-state index in [9.17, 15) is 4.79 Å². The Morgan fingerprint density at radius 3 is 2.70 bits per heavy atom. The quantitative estimate of drug-likeness (QED) is 0.506. The van der Waals surface area contributed by atoms with Crippen molar-refractivity contribution >= 4 is 6.29 Å². The first-order chi connectivity index (χ1) is 4.77. The van der Waals surface area contributed by atoms with Crippen molar-refractivity contribution in [3.05, 3.63) is 0 Å². The molecule has 0 aliphatic carbocycles. The Morgan fingerprint density at radius 2 is 2.40 bits per heavy atom. The summed E-state index contributed by atoms with van der Waals surface area (Å²) < 4.78 is 5.11. The molecule has 3 heteroatoms. The van der Waals surface area contributed by atoms with E-state index in [0.717, 1.165) is 19.3 Å². The number of likely N-dealkylation sites (tertiary alicyclic amines) is 1. The summed E-state index contributed by atoms with van der Waals surface area (Å²) in [4.78, 5) is 12.4. The number of nitrogens with zero attached hydrogens (tertiary/aromatic N) is 1. The van der Waals surface area contributed by atoms with Crippen molar-refractivity contribution in [2.24, 2.45) is 0 Å². The van der Waals surface area contributed by atoms with E-state index >= 15 is 0 Å². The van der Waals surface area contributed by atoms with E-state index in [4.69, 9.17) is 4.74 Å².